The predicted octanol–water partition coefficient (Wildman–Crippen LogP) is 3.82. The zero-order chi connectivity index (χ0) is 23.4. The zero-order valence-corrected chi connectivity index (χ0v) is 18.1. The number of aromatic nitrogens is 1. The molecule has 1 aliphatic heterocycles. The molecule has 0 radical (unpaired) electrons. The number of carbonyl (C=O) groups excluding carboxylic acids is 1. The zero-order valence-electron chi connectivity index (χ0n) is 18.1. The lowest BCUT2D eigenvalue weighted by Crippen LogP contribution is -2.44. The number of halogens is 2. The average molecular weight is 447 g/mol. The minimum Gasteiger partial charge on any atom is -0.353 e. The number of piperazine rings is 1. The number of amides is 1. The van der Waals surface area contributed by atoms with Crippen molar-refractivity contribution in [1.82, 2.24) is 15.6 Å². The highest BCUT2D eigenvalue weighted by Gasteiger charge is 2.34. The van der Waals surface area contributed by atoms with Crippen LogP contribution in [0, 0.1) is 18.3 Å². The van der Waals surface area contributed by atoms with E-state index in [1.54, 1.807) is 43.5 Å². The average Bonchev–Trinajstić information content (AvgIpc) is 2.84. The number of anilines is 1. The summed E-state index contributed by atoms with van der Waals surface area (Å²) in [5, 5.41) is 14.7. The summed E-state index contributed by atoms with van der Waals surface area (Å²) < 4.78 is 29.9. The van der Waals surface area contributed by atoms with Gasteiger partial charge in [-0.05, 0) is 42.3 Å². The SMILES string of the molecule is Cc1ccc(C(F)(F)NC(=O)c2ccccc2)cc1-c1cnc(N2CCNCC2)c(C#N)c1. The fourth-order valence-electron chi connectivity index (χ4n) is 3.82. The summed E-state index contributed by atoms with van der Waals surface area (Å²) in [4.78, 5) is 18.8. The van der Waals surface area contributed by atoms with Gasteiger partial charge < -0.3 is 10.2 Å². The van der Waals surface area contributed by atoms with Crippen molar-refractivity contribution in [2.75, 3.05) is 31.1 Å². The second-order valence-electron chi connectivity index (χ2n) is 7.87. The molecule has 0 aliphatic carbocycles. The van der Waals surface area contributed by atoms with Crippen LogP contribution in [0.2, 0.25) is 0 Å². The van der Waals surface area contributed by atoms with E-state index in [0.717, 1.165) is 31.7 Å². The third kappa shape index (κ3) is 4.83. The van der Waals surface area contributed by atoms with Crippen molar-refractivity contribution in [3.63, 3.8) is 0 Å². The van der Waals surface area contributed by atoms with E-state index in [1.807, 2.05) is 10.2 Å². The number of alkyl halides is 2. The molecule has 1 fully saturated rings. The molecule has 0 unspecified atom stereocenters. The van der Waals surface area contributed by atoms with E-state index >= 15 is 0 Å². The second kappa shape index (κ2) is 9.35. The summed E-state index contributed by atoms with van der Waals surface area (Å²) in [6.45, 7) is 4.89. The first-order valence-corrected chi connectivity index (χ1v) is 10.6. The van der Waals surface area contributed by atoms with Gasteiger partial charge in [0.1, 0.15) is 11.9 Å². The van der Waals surface area contributed by atoms with Crippen LogP contribution in [0.15, 0.2) is 60.8 Å². The third-order valence-electron chi connectivity index (χ3n) is 5.62. The molecular formula is C25H23F2N5O. The Balaban J connectivity index is 1.64. The number of benzene rings is 2. The van der Waals surface area contributed by atoms with E-state index in [4.69, 9.17) is 0 Å². The van der Waals surface area contributed by atoms with E-state index in [2.05, 4.69) is 16.4 Å². The summed E-state index contributed by atoms with van der Waals surface area (Å²) in [5.74, 6) is -0.270. The van der Waals surface area contributed by atoms with Gasteiger partial charge in [0.25, 0.3) is 5.91 Å². The van der Waals surface area contributed by atoms with Crippen LogP contribution in [-0.2, 0) is 6.05 Å². The Kier molecular flexibility index (Phi) is 6.33. The van der Waals surface area contributed by atoms with E-state index < -0.39 is 12.0 Å². The van der Waals surface area contributed by atoms with Gasteiger partial charge in [-0.15, -0.1) is 0 Å². The molecule has 2 N–H and O–H groups in total. The van der Waals surface area contributed by atoms with Crippen LogP contribution < -0.4 is 15.5 Å². The van der Waals surface area contributed by atoms with Crippen molar-refractivity contribution in [1.29, 1.82) is 5.26 Å². The molecule has 4 rings (SSSR count). The van der Waals surface area contributed by atoms with Gasteiger partial charge in [0.05, 0.1) is 5.56 Å². The van der Waals surface area contributed by atoms with E-state index in [1.165, 1.54) is 24.3 Å². The van der Waals surface area contributed by atoms with Crippen LogP contribution in [0.5, 0.6) is 0 Å². The van der Waals surface area contributed by atoms with Crippen LogP contribution >= 0.6 is 0 Å². The molecule has 168 valence electrons. The molecule has 33 heavy (non-hydrogen) atoms. The topological polar surface area (TPSA) is 81.1 Å². The van der Waals surface area contributed by atoms with E-state index in [-0.39, 0.29) is 11.1 Å². The molecule has 2 aromatic carbocycles. The van der Waals surface area contributed by atoms with Gasteiger partial charge in [0.2, 0.25) is 0 Å². The number of hydrogen-bond acceptors (Lipinski definition) is 5. The fourth-order valence-corrected chi connectivity index (χ4v) is 3.82. The van der Waals surface area contributed by atoms with Gasteiger partial charge in [0.15, 0.2) is 0 Å². The maximum Gasteiger partial charge on any atom is 0.352 e. The fraction of sp³-hybridized carbons (Fsp3) is 0.240. The maximum absolute atomic E-state index is 15.0. The number of nitriles is 1. The Morgan fingerprint density at radius 1 is 1.15 bits per heavy atom. The van der Waals surface area contributed by atoms with Crippen LogP contribution in [0.1, 0.15) is 27.0 Å². The van der Waals surface area contributed by atoms with Crippen molar-refractivity contribution in [2.45, 2.75) is 13.0 Å². The number of pyridine rings is 1. The first-order valence-electron chi connectivity index (χ1n) is 10.6. The Morgan fingerprint density at radius 3 is 2.58 bits per heavy atom. The summed E-state index contributed by atoms with van der Waals surface area (Å²) in [6.07, 6.45) is 1.60. The first-order chi connectivity index (χ1) is 15.9. The first kappa shape index (κ1) is 22.4. The molecule has 1 amide bonds. The number of rotatable bonds is 5. The van der Waals surface area contributed by atoms with Crippen LogP contribution in [0.3, 0.4) is 0 Å². The van der Waals surface area contributed by atoms with Crippen molar-refractivity contribution in [3.05, 3.63) is 83.0 Å². The molecule has 0 bridgehead atoms. The summed E-state index contributed by atoms with van der Waals surface area (Å²) >= 11 is 0. The standard InChI is InChI=1S/C25H23F2N5O/c1-17-7-8-21(25(26,27)31-24(33)18-5-3-2-4-6-18)14-22(17)20-13-19(15-28)23(30-16-20)32-11-9-29-10-12-32/h2-8,13-14,16,29H,9-12H2,1H3,(H,31,33). The molecule has 1 aliphatic rings. The predicted molar refractivity (Wildman–Crippen MR) is 122 cm³/mol. The van der Waals surface area contributed by atoms with Gasteiger partial charge in [-0.1, -0.05) is 30.3 Å². The minimum absolute atomic E-state index is 0.149. The lowest BCUT2D eigenvalue weighted by Gasteiger charge is -2.29. The molecule has 1 saturated heterocycles. The lowest BCUT2D eigenvalue weighted by molar-refractivity contribution is -0.0333. The highest BCUT2D eigenvalue weighted by molar-refractivity contribution is 5.94. The molecule has 0 spiro atoms. The molecular weight excluding hydrogens is 424 g/mol. The van der Waals surface area contributed by atoms with Crippen molar-refractivity contribution >= 4 is 11.7 Å². The molecule has 0 saturated carbocycles. The lowest BCUT2D eigenvalue weighted by atomic mass is 9.97. The monoisotopic (exact) mass is 447 g/mol. The number of nitrogens with zero attached hydrogens (tertiary/aromatic N) is 3. The highest BCUT2D eigenvalue weighted by Crippen LogP contribution is 2.33. The quantitative estimate of drug-likeness (QED) is 0.582. The number of hydrogen-bond donors (Lipinski definition) is 2. The number of nitrogens with one attached hydrogen (secondary N) is 2. The van der Waals surface area contributed by atoms with Gasteiger partial charge in [-0.3, -0.25) is 10.1 Å². The van der Waals surface area contributed by atoms with Crippen LogP contribution in [0.4, 0.5) is 14.6 Å². The Labute approximate surface area is 190 Å². The van der Waals surface area contributed by atoms with Crippen molar-refractivity contribution in [3.8, 4) is 17.2 Å². The number of aryl methyl sites for hydroxylation is 1. The Hall–Kier alpha value is -3.83. The van der Waals surface area contributed by atoms with Crippen LogP contribution in [-0.4, -0.2) is 37.1 Å². The summed E-state index contributed by atoms with van der Waals surface area (Å²) in [5.41, 5.74) is 2.04. The van der Waals surface area contributed by atoms with Gasteiger partial charge in [0, 0.05) is 49.1 Å². The molecule has 2 heterocycles. The second-order valence-corrected chi connectivity index (χ2v) is 7.87. The minimum atomic E-state index is -3.58. The molecule has 1 aromatic heterocycles. The third-order valence-corrected chi connectivity index (χ3v) is 5.62. The normalized spacial score (nSPS) is 13.9. The van der Waals surface area contributed by atoms with Gasteiger partial charge >= 0.3 is 6.05 Å². The van der Waals surface area contributed by atoms with E-state index in [0.29, 0.717) is 22.5 Å². The Bertz CT molecular complexity index is 1200. The maximum atomic E-state index is 15.0. The molecule has 8 heteroatoms. The highest BCUT2D eigenvalue weighted by atomic mass is 19.3. The van der Waals surface area contributed by atoms with Gasteiger partial charge in [-0.2, -0.15) is 14.0 Å². The van der Waals surface area contributed by atoms with Crippen LogP contribution in [0.25, 0.3) is 11.1 Å². The smallest absolute Gasteiger partial charge is 0.352 e. The largest absolute Gasteiger partial charge is 0.353 e. The van der Waals surface area contributed by atoms with Crippen molar-refractivity contribution < 1.29 is 13.6 Å². The molecule has 6 nitrogen and oxygen atoms in total. The summed E-state index contributed by atoms with van der Waals surface area (Å²) in [6, 6.07) is 12.4. The number of carbonyl (C=O) groups is 1. The Morgan fingerprint density at radius 2 is 1.88 bits per heavy atom. The van der Waals surface area contributed by atoms with E-state index in [9.17, 15) is 18.8 Å². The van der Waals surface area contributed by atoms with Crippen molar-refractivity contribution in [2.24, 2.45) is 0 Å². The van der Waals surface area contributed by atoms with Gasteiger partial charge in [-0.25, -0.2) is 4.98 Å². The summed E-state index contributed by atoms with van der Waals surface area (Å²) in [7, 11) is 0. The molecule has 0 atom stereocenters. The molecule has 3 aromatic rings.